The van der Waals surface area contributed by atoms with E-state index in [1.807, 2.05) is 0 Å². The summed E-state index contributed by atoms with van der Waals surface area (Å²) in [5.41, 5.74) is 0. The minimum Gasteiger partial charge on any atom is -0.388 e. The molecule has 0 radical (unpaired) electrons. The molecule has 2 fully saturated rings. The van der Waals surface area contributed by atoms with E-state index in [9.17, 15) is 0 Å². The van der Waals surface area contributed by atoms with E-state index < -0.39 is 0 Å². The van der Waals surface area contributed by atoms with Gasteiger partial charge in [0.05, 0.1) is 12.7 Å². The number of aliphatic hydroxyl groups is 1. The first-order valence-electron chi connectivity index (χ1n) is 3.31. The molecule has 0 aromatic rings. The maximum Gasteiger partial charge on any atom is 0.183 e. The van der Waals surface area contributed by atoms with E-state index in [1.54, 1.807) is 0 Å². The van der Waals surface area contributed by atoms with Crippen molar-refractivity contribution in [3.63, 3.8) is 0 Å². The normalized spacial score (nSPS) is 49.7. The Balaban J connectivity index is 2.05. The molecule has 9 heavy (non-hydrogen) atoms. The fourth-order valence-corrected chi connectivity index (χ4v) is 1.32. The first kappa shape index (κ1) is 5.65. The average Bonchev–Trinajstić information content (AvgIpc) is 2.25. The number of aliphatic hydroxyl groups excluding tert-OH is 1. The second kappa shape index (κ2) is 1.94. The lowest BCUT2D eigenvalue weighted by molar-refractivity contribution is -0.152. The molecule has 3 atom stereocenters. The first-order valence-corrected chi connectivity index (χ1v) is 3.31. The number of rotatable bonds is 0. The smallest absolute Gasteiger partial charge is 0.183 e. The summed E-state index contributed by atoms with van der Waals surface area (Å²) in [5.74, 6) is 0. The summed E-state index contributed by atoms with van der Waals surface area (Å²) in [6.07, 6.45) is 1.33. The standard InChI is InChI=1S/C6H10O3/c7-5-2-1-4-3-8-6(5)9-4/h4-7H,1-3H2/t4?,5?,6-/m0/s1. The molecular weight excluding hydrogens is 120 g/mol. The minimum absolute atomic E-state index is 0.262. The lowest BCUT2D eigenvalue weighted by Gasteiger charge is -2.22. The Labute approximate surface area is 53.6 Å². The second-order valence-corrected chi connectivity index (χ2v) is 2.60. The van der Waals surface area contributed by atoms with Crippen molar-refractivity contribution in [1.82, 2.24) is 0 Å². The molecule has 2 unspecified atom stereocenters. The number of fused-ring (bicyclic) bond motifs is 2. The quantitative estimate of drug-likeness (QED) is 0.497. The monoisotopic (exact) mass is 130 g/mol. The Morgan fingerprint density at radius 1 is 1.33 bits per heavy atom. The highest BCUT2D eigenvalue weighted by Gasteiger charge is 2.36. The molecule has 2 rings (SSSR count). The fourth-order valence-electron chi connectivity index (χ4n) is 1.32. The molecule has 2 aliphatic rings. The zero-order valence-corrected chi connectivity index (χ0v) is 5.12. The number of hydrogen-bond donors (Lipinski definition) is 1. The van der Waals surface area contributed by atoms with Gasteiger partial charge in [-0.15, -0.1) is 0 Å². The van der Waals surface area contributed by atoms with Gasteiger partial charge in [0.15, 0.2) is 6.29 Å². The molecule has 0 aromatic carbocycles. The number of hydrogen-bond acceptors (Lipinski definition) is 3. The van der Waals surface area contributed by atoms with E-state index in [1.165, 1.54) is 0 Å². The highest BCUT2D eigenvalue weighted by Crippen LogP contribution is 2.26. The van der Waals surface area contributed by atoms with Gasteiger partial charge in [0.1, 0.15) is 6.10 Å². The maximum absolute atomic E-state index is 9.15. The average molecular weight is 130 g/mol. The summed E-state index contributed by atoms with van der Waals surface area (Å²) in [5, 5.41) is 9.15. The van der Waals surface area contributed by atoms with E-state index in [4.69, 9.17) is 14.6 Å². The molecular formula is C6H10O3. The van der Waals surface area contributed by atoms with Gasteiger partial charge in [-0.3, -0.25) is 0 Å². The highest BCUT2D eigenvalue weighted by molar-refractivity contribution is 4.77. The fraction of sp³-hybridized carbons (Fsp3) is 1.00. The van der Waals surface area contributed by atoms with Crippen LogP contribution < -0.4 is 0 Å². The Morgan fingerprint density at radius 3 is 3.00 bits per heavy atom. The van der Waals surface area contributed by atoms with Crippen molar-refractivity contribution < 1.29 is 14.6 Å². The van der Waals surface area contributed by atoms with Gasteiger partial charge in [0.2, 0.25) is 0 Å². The third kappa shape index (κ3) is 0.852. The van der Waals surface area contributed by atoms with Gasteiger partial charge < -0.3 is 14.6 Å². The van der Waals surface area contributed by atoms with Gasteiger partial charge in [-0.05, 0) is 12.8 Å². The zero-order valence-electron chi connectivity index (χ0n) is 5.12. The summed E-state index contributed by atoms with van der Waals surface area (Å²) in [6.45, 7) is 0.668. The van der Waals surface area contributed by atoms with Crippen LogP contribution in [0.1, 0.15) is 12.8 Å². The minimum atomic E-state index is -0.385. The molecule has 0 aliphatic carbocycles. The lowest BCUT2D eigenvalue weighted by atomic mass is 10.1. The van der Waals surface area contributed by atoms with Crippen LogP contribution in [0.15, 0.2) is 0 Å². The van der Waals surface area contributed by atoms with Crippen molar-refractivity contribution in [3.05, 3.63) is 0 Å². The van der Waals surface area contributed by atoms with E-state index in [0.29, 0.717) is 6.61 Å². The van der Waals surface area contributed by atoms with Crippen LogP contribution in [-0.2, 0) is 9.47 Å². The van der Waals surface area contributed by atoms with Crippen LogP contribution in [-0.4, -0.2) is 30.2 Å². The van der Waals surface area contributed by atoms with Gasteiger partial charge in [-0.2, -0.15) is 0 Å². The molecule has 0 spiro atoms. The molecule has 0 aromatic heterocycles. The summed E-state index contributed by atoms with van der Waals surface area (Å²) >= 11 is 0. The van der Waals surface area contributed by atoms with Gasteiger partial charge in [0.25, 0.3) is 0 Å². The lowest BCUT2D eigenvalue weighted by Crippen LogP contribution is -2.32. The van der Waals surface area contributed by atoms with Gasteiger partial charge in [-0.25, -0.2) is 0 Å². The predicted molar refractivity (Wildman–Crippen MR) is 29.9 cm³/mol. The Hall–Kier alpha value is -0.120. The summed E-state index contributed by atoms with van der Waals surface area (Å²) in [4.78, 5) is 0. The molecule has 52 valence electrons. The second-order valence-electron chi connectivity index (χ2n) is 2.60. The van der Waals surface area contributed by atoms with Crippen molar-refractivity contribution in [1.29, 1.82) is 0 Å². The molecule has 1 N–H and O–H groups in total. The summed E-state index contributed by atoms with van der Waals surface area (Å²) in [6, 6.07) is 0. The topological polar surface area (TPSA) is 38.7 Å². The molecule has 2 heterocycles. The van der Waals surface area contributed by atoms with E-state index in [-0.39, 0.29) is 18.5 Å². The zero-order chi connectivity index (χ0) is 6.27. The SMILES string of the molecule is OC1CCC2CO[C@H]1O2. The Morgan fingerprint density at radius 2 is 2.22 bits per heavy atom. The van der Waals surface area contributed by atoms with Crippen LogP contribution >= 0.6 is 0 Å². The molecule has 0 amide bonds. The summed E-state index contributed by atoms with van der Waals surface area (Å²) < 4.78 is 10.4. The van der Waals surface area contributed by atoms with Crippen LogP contribution in [0.25, 0.3) is 0 Å². The maximum atomic E-state index is 9.15. The Bertz CT molecular complexity index is 115. The van der Waals surface area contributed by atoms with Gasteiger partial charge in [0, 0.05) is 0 Å². The largest absolute Gasteiger partial charge is 0.388 e. The molecule has 2 saturated heterocycles. The van der Waals surface area contributed by atoms with Crippen molar-refractivity contribution in [2.24, 2.45) is 0 Å². The predicted octanol–water partition coefficient (Wildman–Crippen LogP) is -0.117. The van der Waals surface area contributed by atoms with E-state index >= 15 is 0 Å². The van der Waals surface area contributed by atoms with Crippen molar-refractivity contribution in [3.8, 4) is 0 Å². The van der Waals surface area contributed by atoms with Crippen LogP contribution in [0.4, 0.5) is 0 Å². The van der Waals surface area contributed by atoms with Crippen LogP contribution in [0, 0.1) is 0 Å². The molecule has 2 bridgehead atoms. The van der Waals surface area contributed by atoms with Crippen molar-refractivity contribution in [2.45, 2.75) is 31.3 Å². The van der Waals surface area contributed by atoms with Gasteiger partial charge in [-0.1, -0.05) is 0 Å². The highest BCUT2D eigenvalue weighted by atomic mass is 16.7. The molecule has 3 nitrogen and oxygen atoms in total. The third-order valence-electron chi connectivity index (χ3n) is 1.87. The first-order chi connectivity index (χ1) is 4.36. The van der Waals surface area contributed by atoms with Crippen LogP contribution in [0.2, 0.25) is 0 Å². The Kier molecular flexibility index (Phi) is 1.22. The number of ether oxygens (including phenoxy) is 2. The van der Waals surface area contributed by atoms with Gasteiger partial charge >= 0.3 is 0 Å². The van der Waals surface area contributed by atoms with Crippen molar-refractivity contribution >= 4 is 0 Å². The van der Waals surface area contributed by atoms with E-state index in [0.717, 1.165) is 12.8 Å². The molecule has 3 heteroatoms. The van der Waals surface area contributed by atoms with Crippen LogP contribution in [0.5, 0.6) is 0 Å². The molecule has 2 aliphatic heterocycles. The van der Waals surface area contributed by atoms with Crippen molar-refractivity contribution in [2.75, 3.05) is 6.61 Å². The van der Waals surface area contributed by atoms with Crippen LogP contribution in [0.3, 0.4) is 0 Å². The third-order valence-corrected chi connectivity index (χ3v) is 1.87. The molecule has 0 saturated carbocycles. The van der Waals surface area contributed by atoms with E-state index in [2.05, 4.69) is 0 Å². The summed E-state index contributed by atoms with van der Waals surface area (Å²) in [7, 11) is 0.